The van der Waals surface area contributed by atoms with Crippen LogP contribution in [0.15, 0.2) is 30.3 Å². The molecule has 1 aromatic rings. The van der Waals surface area contributed by atoms with Crippen molar-refractivity contribution in [3.63, 3.8) is 0 Å². The van der Waals surface area contributed by atoms with Crippen LogP contribution >= 0.6 is 0 Å². The number of rotatable bonds is 2. The summed E-state index contributed by atoms with van der Waals surface area (Å²) in [6, 6.07) is 10.6. The van der Waals surface area contributed by atoms with Crippen LogP contribution in [0.3, 0.4) is 0 Å². The van der Waals surface area contributed by atoms with Gasteiger partial charge in [0.1, 0.15) is 5.54 Å². The van der Waals surface area contributed by atoms with Gasteiger partial charge >= 0.3 is 0 Å². The number of hydrogen-bond donors (Lipinski definition) is 0. The molecule has 1 unspecified atom stereocenters. The van der Waals surface area contributed by atoms with Crippen molar-refractivity contribution in [1.82, 2.24) is 14.7 Å². The molecular formula is C19H29N3O. The first-order valence-electron chi connectivity index (χ1n) is 8.85. The van der Waals surface area contributed by atoms with Crippen LogP contribution in [0.5, 0.6) is 0 Å². The summed E-state index contributed by atoms with van der Waals surface area (Å²) in [6.45, 7) is 4.61. The zero-order valence-electron chi connectivity index (χ0n) is 14.5. The van der Waals surface area contributed by atoms with Crippen LogP contribution in [-0.2, 0) is 11.3 Å². The Balaban J connectivity index is 1.90. The number of likely N-dealkylation sites (N-methyl/N-ethyl adjacent to an activating group) is 2. The third-order valence-corrected chi connectivity index (χ3v) is 5.43. The van der Waals surface area contributed by atoms with Crippen molar-refractivity contribution in [2.75, 3.05) is 40.3 Å². The summed E-state index contributed by atoms with van der Waals surface area (Å²) in [5.74, 6) is 0.319. The summed E-state index contributed by atoms with van der Waals surface area (Å²) >= 11 is 0. The maximum atomic E-state index is 13.3. The van der Waals surface area contributed by atoms with E-state index < -0.39 is 0 Å². The minimum atomic E-state index is -0.349. The Bertz CT molecular complexity index is 533. The second kappa shape index (κ2) is 7.02. The van der Waals surface area contributed by atoms with E-state index in [1.54, 1.807) is 0 Å². The van der Waals surface area contributed by atoms with E-state index in [0.717, 1.165) is 52.0 Å². The molecule has 0 N–H and O–H groups in total. The van der Waals surface area contributed by atoms with Crippen molar-refractivity contribution in [3.05, 3.63) is 35.9 Å². The molecule has 2 aliphatic rings. The summed E-state index contributed by atoms with van der Waals surface area (Å²) in [5.41, 5.74) is 0.951. The smallest absolute Gasteiger partial charge is 0.244 e. The quantitative estimate of drug-likeness (QED) is 0.837. The molecule has 2 aliphatic heterocycles. The summed E-state index contributed by atoms with van der Waals surface area (Å²) in [4.78, 5) is 20.0. The van der Waals surface area contributed by atoms with Crippen LogP contribution in [0.25, 0.3) is 0 Å². The van der Waals surface area contributed by atoms with E-state index in [4.69, 9.17) is 0 Å². The van der Waals surface area contributed by atoms with Crippen LogP contribution in [0.1, 0.15) is 31.2 Å². The number of amides is 1. The minimum absolute atomic E-state index is 0.319. The van der Waals surface area contributed by atoms with Gasteiger partial charge in [0.15, 0.2) is 0 Å². The molecule has 1 atom stereocenters. The summed E-state index contributed by atoms with van der Waals surface area (Å²) in [7, 11) is 4.12. The molecule has 23 heavy (non-hydrogen) atoms. The Kier molecular flexibility index (Phi) is 5.02. The fraction of sp³-hybridized carbons (Fsp3) is 0.632. The van der Waals surface area contributed by atoms with Crippen molar-refractivity contribution in [2.45, 2.75) is 37.8 Å². The molecular weight excluding hydrogens is 286 g/mol. The highest BCUT2D eigenvalue weighted by atomic mass is 16.2. The molecule has 2 fully saturated rings. The van der Waals surface area contributed by atoms with Gasteiger partial charge in [-0.25, -0.2) is 0 Å². The molecule has 0 bridgehead atoms. The lowest BCUT2D eigenvalue weighted by Crippen LogP contribution is -2.68. The summed E-state index contributed by atoms with van der Waals surface area (Å²) < 4.78 is 0. The first-order valence-corrected chi connectivity index (χ1v) is 8.85. The molecule has 2 saturated heterocycles. The van der Waals surface area contributed by atoms with Crippen molar-refractivity contribution in [1.29, 1.82) is 0 Å². The molecule has 0 aromatic heterocycles. The molecule has 1 spiro atoms. The number of carbonyl (C=O) groups is 1. The van der Waals surface area contributed by atoms with E-state index in [-0.39, 0.29) is 5.54 Å². The van der Waals surface area contributed by atoms with Crippen LogP contribution in [-0.4, -0.2) is 66.4 Å². The average molecular weight is 315 g/mol. The number of carbonyl (C=O) groups excluding carboxylic acids is 1. The largest absolute Gasteiger partial charge is 0.344 e. The Labute approximate surface area is 140 Å². The second-order valence-corrected chi connectivity index (χ2v) is 7.21. The lowest BCUT2D eigenvalue weighted by atomic mass is 9.84. The number of likely N-dealkylation sites (tertiary alicyclic amines) is 1. The molecule has 1 amide bonds. The molecule has 2 heterocycles. The fourth-order valence-corrected chi connectivity index (χ4v) is 4.11. The topological polar surface area (TPSA) is 26.8 Å². The predicted molar refractivity (Wildman–Crippen MR) is 93.2 cm³/mol. The van der Waals surface area contributed by atoms with Crippen molar-refractivity contribution >= 4 is 5.91 Å². The van der Waals surface area contributed by atoms with Crippen LogP contribution in [0, 0.1) is 0 Å². The average Bonchev–Trinajstić information content (AvgIpc) is 2.56. The maximum Gasteiger partial charge on any atom is 0.244 e. The van der Waals surface area contributed by atoms with E-state index in [9.17, 15) is 4.79 Å². The van der Waals surface area contributed by atoms with Gasteiger partial charge in [0, 0.05) is 39.8 Å². The molecule has 4 heteroatoms. The molecule has 126 valence electrons. The first-order chi connectivity index (χ1) is 11.1. The third kappa shape index (κ3) is 3.43. The normalized spacial score (nSPS) is 27.9. The molecule has 0 radical (unpaired) electrons. The van der Waals surface area contributed by atoms with Crippen LogP contribution in [0.2, 0.25) is 0 Å². The van der Waals surface area contributed by atoms with Gasteiger partial charge in [0.2, 0.25) is 5.91 Å². The Morgan fingerprint density at radius 3 is 2.57 bits per heavy atom. The van der Waals surface area contributed by atoms with E-state index in [1.807, 2.05) is 11.9 Å². The van der Waals surface area contributed by atoms with Crippen molar-refractivity contribution in [2.24, 2.45) is 0 Å². The van der Waals surface area contributed by atoms with E-state index in [2.05, 4.69) is 47.2 Å². The lowest BCUT2D eigenvalue weighted by molar-refractivity contribution is -0.150. The summed E-state index contributed by atoms with van der Waals surface area (Å²) in [5, 5.41) is 0. The Hall–Kier alpha value is -1.39. The van der Waals surface area contributed by atoms with Crippen molar-refractivity contribution < 1.29 is 4.79 Å². The molecule has 4 nitrogen and oxygen atoms in total. The second-order valence-electron chi connectivity index (χ2n) is 7.21. The van der Waals surface area contributed by atoms with E-state index in [0.29, 0.717) is 5.91 Å². The third-order valence-electron chi connectivity index (χ3n) is 5.43. The highest BCUT2D eigenvalue weighted by molar-refractivity contribution is 5.86. The highest BCUT2D eigenvalue weighted by Gasteiger charge is 2.48. The van der Waals surface area contributed by atoms with Gasteiger partial charge in [-0.1, -0.05) is 43.2 Å². The zero-order valence-corrected chi connectivity index (χ0v) is 14.5. The number of hydrogen-bond acceptors (Lipinski definition) is 3. The van der Waals surface area contributed by atoms with Gasteiger partial charge in [-0.05, 0) is 25.5 Å². The Morgan fingerprint density at radius 2 is 1.78 bits per heavy atom. The van der Waals surface area contributed by atoms with Gasteiger partial charge in [-0.15, -0.1) is 0 Å². The van der Waals surface area contributed by atoms with Gasteiger partial charge in [0.05, 0.1) is 0 Å². The van der Waals surface area contributed by atoms with Gasteiger partial charge in [-0.2, -0.15) is 0 Å². The number of benzene rings is 1. The van der Waals surface area contributed by atoms with Gasteiger partial charge < -0.3 is 9.80 Å². The Morgan fingerprint density at radius 1 is 1.00 bits per heavy atom. The zero-order chi connectivity index (χ0) is 16.3. The maximum absolute atomic E-state index is 13.3. The van der Waals surface area contributed by atoms with E-state index >= 15 is 0 Å². The fourth-order valence-electron chi connectivity index (χ4n) is 4.11. The summed E-state index contributed by atoms with van der Waals surface area (Å²) in [6.07, 6.45) is 4.49. The minimum Gasteiger partial charge on any atom is -0.344 e. The molecule has 1 aromatic carbocycles. The van der Waals surface area contributed by atoms with E-state index in [1.165, 1.54) is 12.0 Å². The first kappa shape index (κ1) is 16.5. The van der Waals surface area contributed by atoms with Crippen LogP contribution in [0.4, 0.5) is 0 Å². The monoisotopic (exact) mass is 315 g/mol. The molecule has 3 rings (SSSR count). The number of piperazine rings is 1. The SMILES string of the molecule is CN1CCN(Cc2ccccc2)C2(CCCCCN(C)C2=O)C1. The highest BCUT2D eigenvalue weighted by Crippen LogP contribution is 2.32. The standard InChI is InChI=1S/C19H29N3O/c1-20-13-14-22(15-17-9-5-3-6-10-17)19(16-20)11-7-4-8-12-21(2)18(19)23/h3,5-6,9-10H,4,7-8,11-16H2,1-2H3. The van der Waals surface area contributed by atoms with Gasteiger partial charge in [-0.3, -0.25) is 9.69 Å². The number of nitrogens with zero attached hydrogens (tertiary/aromatic N) is 3. The molecule has 0 saturated carbocycles. The lowest BCUT2D eigenvalue weighted by Gasteiger charge is -2.51. The van der Waals surface area contributed by atoms with Crippen molar-refractivity contribution in [3.8, 4) is 0 Å². The van der Waals surface area contributed by atoms with Gasteiger partial charge in [0.25, 0.3) is 0 Å². The molecule has 0 aliphatic carbocycles. The predicted octanol–water partition coefficient (Wildman–Crippen LogP) is 2.21. The van der Waals surface area contributed by atoms with Crippen LogP contribution < -0.4 is 0 Å².